The number of carbonyl (C=O) groups is 3. The summed E-state index contributed by atoms with van der Waals surface area (Å²) >= 11 is 0. The van der Waals surface area contributed by atoms with E-state index >= 15 is 0 Å². The largest absolute Gasteiger partial charge is 0.390 e. The second-order valence-corrected chi connectivity index (χ2v) is 7.07. The number of pyridine rings is 1. The van der Waals surface area contributed by atoms with Crippen LogP contribution >= 0.6 is 0 Å². The number of benzene rings is 1. The van der Waals surface area contributed by atoms with Crippen LogP contribution in [-0.4, -0.2) is 75.6 Å². The standard InChI is InChI=1S/C21H20N6O3/c1-25-18-17(19(29)26(2)21(25)30)27(13-16(28)15-8-4-3-5-9-15)20(24-18)23-12-14-7-6-10-22-11-14/h3-11,17H,12-13H2,1-2H3/p+1. The molecule has 0 bridgehead atoms. The third kappa shape index (κ3) is 3.45. The first-order chi connectivity index (χ1) is 14.5. The molecule has 4 rings (SSSR count). The molecule has 3 amide bonds. The molecular formula is C21H21N6O3+. The summed E-state index contributed by atoms with van der Waals surface area (Å²) in [7, 11) is 2.99. The predicted molar refractivity (Wildman–Crippen MR) is 109 cm³/mol. The van der Waals surface area contributed by atoms with E-state index in [0.717, 1.165) is 10.5 Å². The molecule has 0 spiro atoms. The molecule has 3 heterocycles. The van der Waals surface area contributed by atoms with Crippen molar-refractivity contribution in [1.82, 2.24) is 20.1 Å². The highest BCUT2D eigenvalue weighted by Gasteiger charge is 2.51. The smallest absolute Gasteiger partial charge is 0.291 e. The number of carbonyl (C=O) groups excluding carboxylic acids is 3. The molecule has 9 heteroatoms. The van der Waals surface area contributed by atoms with Crippen LogP contribution in [0.15, 0.2) is 59.9 Å². The number of aliphatic imine (C=N–C) groups is 1. The molecule has 1 aromatic heterocycles. The normalized spacial score (nSPS) is 18.5. The van der Waals surface area contributed by atoms with Crippen LogP contribution in [0.25, 0.3) is 0 Å². The Bertz CT molecular complexity index is 1060. The number of guanidine groups is 1. The van der Waals surface area contributed by atoms with Gasteiger partial charge in [0.2, 0.25) is 11.9 Å². The molecule has 0 saturated carbocycles. The Kier molecular flexibility index (Phi) is 5.09. The van der Waals surface area contributed by atoms with Crippen molar-refractivity contribution >= 4 is 29.5 Å². The van der Waals surface area contributed by atoms with Crippen LogP contribution < -0.4 is 5.32 Å². The number of hydrogen-bond donors (Lipinski definition) is 1. The van der Waals surface area contributed by atoms with Crippen molar-refractivity contribution in [3.05, 3.63) is 66.0 Å². The van der Waals surface area contributed by atoms with E-state index in [4.69, 9.17) is 0 Å². The van der Waals surface area contributed by atoms with Gasteiger partial charge in [0, 0.05) is 37.6 Å². The van der Waals surface area contributed by atoms with Crippen LogP contribution in [-0.2, 0) is 11.3 Å². The third-order valence-electron chi connectivity index (χ3n) is 5.11. The molecule has 1 fully saturated rings. The zero-order chi connectivity index (χ0) is 21.3. The highest BCUT2D eigenvalue weighted by Crippen LogP contribution is 2.19. The number of hydrogen-bond acceptors (Lipinski definition) is 6. The number of rotatable bonds is 5. The molecule has 1 atom stereocenters. The van der Waals surface area contributed by atoms with Crippen LogP contribution in [0.1, 0.15) is 15.9 Å². The lowest BCUT2D eigenvalue weighted by Crippen LogP contribution is -2.62. The number of amidine groups is 1. The fourth-order valence-corrected chi connectivity index (χ4v) is 3.46. The van der Waals surface area contributed by atoms with Gasteiger partial charge in [0.25, 0.3) is 5.91 Å². The molecular weight excluding hydrogens is 384 g/mol. The Hall–Kier alpha value is -3.88. The van der Waals surface area contributed by atoms with Gasteiger partial charge in [-0.25, -0.2) is 9.37 Å². The molecule has 1 aromatic carbocycles. The van der Waals surface area contributed by atoms with Crippen molar-refractivity contribution in [2.45, 2.75) is 12.6 Å². The monoisotopic (exact) mass is 405 g/mol. The van der Waals surface area contributed by atoms with Crippen LogP contribution in [0.3, 0.4) is 0 Å². The first kappa shape index (κ1) is 19.4. The van der Waals surface area contributed by atoms with Crippen molar-refractivity contribution in [2.75, 3.05) is 20.6 Å². The van der Waals surface area contributed by atoms with E-state index < -0.39 is 18.0 Å². The molecule has 2 aromatic rings. The summed E-state index contributed by atoms with van der Waals surface area (Å²) < 4.78 is 1.61. The molecule has 1 unspecified atom stereocenters. The number of Topliss-reactive ketones (excluding diaryl/α,β-unsaturated/α-hetero) is 1. The molecule has 2 aliphatic heterocycles. The van der Waals surface area contributed by atoms with E-state index in [-0.39, 0.29) is 12.3 Å². The van der Waals surface area contributed by atoms with Crippen LogP contribution in [0.4, 0.5) is 4.79 Å². The minimum atomic E-state index is -0.846. The maximum absolute atomic E-state index is 12.9. The Labute approximate surface area is 173 Å². The van der Waals surface area contributed by atoms with E-state index in [1.54, 1.807) is 48.3 Å². The van der Waals surface area contributed by atoms with Gasteiger partial charge in [-0.15, -0.1) is 0 Å². The minimum Gasteiger partial charge on any atom is -0.291 e. The summed E-state index contributed by atoms with van der Waals surface area (Å²) in [6.45, 7) is 0.350. The number of nitrogens with one attached hydrogen (secondary N) is 1. The maximum atomic E-state index is 12.9. The number of fused-ring (bicyclic) bond motifs is 1. The quantitative estimate of drug-likeness (QED) is 0.584. The Morgan fingerprint density at radius 3 is 2.57 bits per heavy atom. The molecule has 1 saturated heterocycles. The molecule has 0 aliphatic carbocycles. The second kappa shape index (κ2) is 7.86. The first-order valence-electron chi connectivity index (χ1n) is 9.46. The lowest BCUT2D eigenvalue weighted by atomic mass is 10.1. The van der Waals surface area contributed by atoms with Gasteiger partial charge in [-0.3, -0.25) is 29.7 Å². The summed E-state index contributed by atoms with van der Waals surface area (Å²) in [5.74, 6) is 0.0997. The van der Waals surface area contributed by atoms with Gasteiger partial charge in [-0.05, 0) is 6.07 Å². The summed E-state index contributed by atoms with van der Waals surface area (Å²) in [6, 6.07) is 11.3. The molecule has 152 valence electrons. The van der Waals surface area contributed by atoms with Crippen molar-refractivity contribution in [2.24, 2.45) is 4.99 Å². The number of urea groups is 1. The highest BCUT2D eigenvalue weighted by molar-refractivity contribution is 6.22. The van der Waals surface area contributed by atoms with Gasteiger partial charge in [0.05, 0.1) is 6.54 Å². The predicted octanol–water partition coefficient (Wildman–Crippen LogP) is 0.727. The number of nitrogens with zero attached hydrogens (tertiary/aromatic N) is 5. The van der Waals surface area contributed by atoms with E-state index in [1.165, 1.54) is 11.9 Å². The lowest BCUT2D eigenvalue weighted by molar-refractivity contribution is -0.524. The minimum absolute atomic E-state index is 0.0569. The highest BCUT2D eigenvalue weighted by atomic mass is 16.2. The van der Waals surface area contributed by atoms with Gasteiger partial charge in [0.15, 0.2) is 5.78 Å². The van der Waals surface area contributed by atoms with Crippen LogP contribution in [0, 0.1) is 0 Å². The summed E-state index contributed by atoms with van der Waals surface area (Å²) in [6.07, 6.45) is 3.40. The first-order valence-corrected chi connectivity index (χ1v) is 9.46. The zero-order valence-electron chi connectivity index (χ0n) is 16.6. The molecule has 0 radical (unpaired) electrons. The summed E-state index contributed by atoms with van der Waals surface area (Å²) in [5.41, 5.74) is 1.46. The van der Waals surface area contributed by atoms with E-state index in [2.05, 4.69) is 15.3 Å². The van der Waals surface area contributed by atoms with E-state index in [1.807, 2.05) is 18.2 Å². The molecule has 30 heavy (non-hydrogen) atoms. The van der Waals surface area contributed by atoms with Gasteiger partial charge in [0.1, 0.15) is 6.54 Å². The Morgan fingerprint density at radius 1 is 1.10 bits per heavy atom. The third-order valence-corrected chi connectivity index (χ3v) is 5.11. The Balaban J connectivity index is 1.67. The molecule has 2 aliphatic rings. The Morgan fingerprint density at radius 2 is 1.87 bits per heavy atom. The van der Waals surface area contributed by atoms with Crippen LogP contribution in [0.2, 0.25) is 0 Å². The van der Waals surface area contributed by atoms with E-state index in [0.29, 0.717) is 23.9 Å². The van der Waals surface area contributed by atoms with Gasteiger partial charge < -0.3 is 0 Å². The average molecular weight is 405 g/mol. The maximum Gasteiger partial charge on any atom is 0.390 e. The number of ketones is 1. The number of likely N-dealkylation sites (N-methyl/N-ethyl adjacent to an activating group) is 2. The number of aromatic nitrogens is 1. The fourth-order valence-electron chi connectivity index (χ4n) is 3.46. The van der Waals surface area contributed by atoms with Crippen LogP contribution in [0.5, 0.6) is 0 Å². The van der Waals surface area contributed by atoms with Gasteiger partial charge in [-0.2, -0.15) is 0 Å². The topological polar surface area (TPSA) is 98.0 Å². The lowest BCUT2D eigenvalue weighted by Gasteiger charge is -2.31. The van der Waals surface area contributed by atoms with Crippen molar-refractivity contribution in [3.63, 3.8) is 0 Å². The molecule has 9 nitrogen and oxygen atoms in total. The number of amides is 3. The summed E-state index contributed by atoms with van der Waals surface area (Å²) in [4.78, 5) is 49.1. The zero-order valence-corrected chi connectivity index (χ0v) is 16.6. The SMILES string of the molecule is CN1C(=O)C2C(=NC(NCc3cccnc3)=[N+]2CC(=O)c2ccccc2)N(C)C1=O. The fraction of sp³-hybridized carbons (Fsp3) is 0.238. The van der Waals surface area contributed by atoms with Crippen molar-refractivity contribution in [3.8, 4) is 0 Å². The van der Waals surface area contributed by atoms with Gasteiger partial charge in [-0.1, -0.05) is 41.4 Å². The average Bonchev–Trinajstić information content (AvgIpc) is 3.14. The van der Waals surface area contributed by atoms with E-state index in [9.17, 15) is 14.4 Å². The number of imide groups is 1. The second-order valence-electron chi connectivity index (χ2n) is 7.07. The van der Waals surface area contributed by atoms with Gasteiger partial charge >= 0.3 is 12.0 Å². The van der Waals surface area contributed by atoms with Crippen molar-refractivity contribution in [1.29, 1.82) is 0 Å². The molecule has 1 N–H and O–H groups in total. The summed E-state index contributed by atoms with van der Waals surface area (Å²) in [5, 5.41) is 3.19. The van der Waals surface area contributed by atoms with Crippen molar-refractivity contribution < 1.29 is 19.0 Å².